The van der Waals surface area contributed by atoms with Crippen LogP contribution < -0.4 is 4.74 Å². The third-order valence-electron chi connectivity index (χ3n) is 3.19. The molecule has 106 valence electrons. The minimum atomic E-state index is -0.685. The van der Waals surface area contributed by atoms with Gasteiger partial charge in [0.05, 0.1) is 12.2 Å². The minimum Gasteiger partial charge on any atom is -0.457 e. The predicted octanol–water partition coefficient (Wildman–Crippen LogP) is 3.15. The molecule has 20 heavy (non-hydrogen) atoms. The van der Waals surface area contributed by atoms with E-state index in [0.29, 0.717) is 6.42 Å². The number of aliphatic hydroxyl groups is 2. The van der Waals surface area contributed by atoms with Crippen LogP contribution in [0.3, 0.4) is 0 Å². The van der Waals surface area contributed by atoms with Crippen molar-refractivity contribution in [1.82, 2.24) is 0 Å². The normalized spacial score (nSPS) is 13.8. The highest BCUT2D eigenvalue weighted by Crippen LogP contribution is 2.21. The van der Waals surface area contributed by atoms with Gasteiger partial charge in [-0.1, -0.05) is 30.3 Å². The first-order chi connectivity index (χ1) is 9.65. The second kappa shape index (κ2) is 7.08. The summed E-state index contributed by atoms with van der Waals surface area (Å²) in [5, 5.41) is 18.8. The van der Waals surface area contributed by atoms with Gasteiger partial charge in [-0.25, -0.2) is 0 Å². The highest BCUT2D eigenvalue weighted by molar-refractivity contribution is 5.32. The summed E-state index contributed by atoms with van der Waals surface area (Å²) in [5.41, 5.74) is 1.12. The van der Waals surface area contributed by atoms with Crippen molar-refractivity contribution < 1.29 is 14.9 Å². The summed E-state index contributed by atoms with van der Waals surface area (Å²) in [5.74, 6) is 1.60. The van der Waals surface area contributed by atoms with Crippen LogP contribution in [0.1, 0.15) is 18.9 Å². The van der Waals surface area contributed by atoms with Crippen molar-refractivity contribution in [2.45, 2.75) is 32.0 Å². The van der Waals surface area contributed by atoms with E-state index < -0.39 is 12.2 Å². The lowest BCUT2D eigenvalue weighted by Gasteiger charge is -2.13. The fourth-order valence-corrected chi connectivity index (χ4v) is 1.90. The topological polar surface area (TPSA) is 49.7 Å². The van der Waals surface area contributed by atoms with Crippen LogP contribution in [0.15, 0.2) is 54.6 Å². The molecule has 2 aromatic rings. The van der Waals surface area contributed by atoms with Crippen molar-refractivity contribution in [2.75, 3.05) is 0 Å². The van der Waals surface area contributed by atoms with Crippen LogP contribution in [0, 0.1) is 0 Å². The van der Waals surface area contributed by atoms with E-state index in [0.717, 1.165) is 23.5 Å². The molecule has 0 radical (unpaired) electrons. The third kappa shape index (κ3) is 4.37. The molecule has 0 heterocycles. The van der Waals surface area contributed by atoms with Crippen molar-refractivity contribution in [3.63, 3.8) is 0 Å². The van der Waals surface area contributed by atoms with Gasteiger partial charge < -0.3 is 14.9 Å². The molecule has 3 heteroatoms. The van der Waals surface area contributed by atoms with E-state index in [1.807, 2.05) is 54.6 Å². The molecule has 0 aromatic heterocycles. The molecular formula is C17H20O3. The van der Waals surface area contributed by atoms with Crippen LogP contribution in [0.5, 0.6) is 11.5 Å². The van der Waals surface area contributed by atoms with Gasteiger partial charge in [0.1, 0.15) is 11.5 Å². The van der Waals surface area contributed by atoms with E-state index in [-0.39, 0.29) is 0 Å². The van der Waals surface area contributed by atoms with E-state index in [4.69, 9.17) is 4.74 Å². The number of aryl methyl sites for hydroxylation is 1. The van der Waals surface area contributed by atoms with E-state index in [1.54, 1.807) is 6.92 Å². The molecule has 2 atom stereocenters. The van der Waals surface area contributed by atoms with Crippen LogP contribution in [0.2, 0.25) is 0 Å². The zero-order valence-corrected chi connectivity index (χ0v) is 11.6. The fraction of sp³-hybridized carbons (Fsp3) is 0.294. The summed E-state index contributed by atoms with van der Waals surface area (Å²) in [7, 11) is 0. The molecule has 0 saturated heterocycles. The second-order valence-electron chi connectivity index (χ2n) is 4.91. The van der Waals surface area contributed by atoms with Gasteiger partial charge in [-0.3, -0.25) is 0 Å². The zero-order chi connectivity index (χ0) is 14.4. The Morgan fingerprint density at radius 1 is 0.900 bits per heavy atom. The fourth-order valence-electron chi connectivity index (χ4n) is 1.90. The average molecular weight is 272 g/mol. The highest BCUT2D eigenvalue weighted by atomic mass is 16.5. The minimum absolute atomic E-state index is 0.552. The molecule has 2 unspecified atom stereocenters. The second-order valence-corrected chi connectivity index (χ2v) is 4.91. The number of aliphatic hydroxyl groups excluding tert-OH is 2. The Kier molecular flexibility index (Phi) is 5.16. The van der Waals surface area contributed by atoms with Gasteiger partial charge in [0.25, 0.3) is 0 Å². The third-order valence-corrected chi connectivity index (χ3v) is 3.19. The molecule has 0 bridgehead atoms. The Balaban J connectivity index is 1.90. The van der Waals surface area contributed by atoms with Gasteiger partial charge >= 0.3 is 0 Å². The Bertz CT molecular complexity index is 506. The molecule has 0 saturated carbocycles. The summed E-state index contributed by atoms with van der Waals surface area (Å²) in [6.45, 7) is 1.60. The Morgan fingerprint density at radius 3 is 2.10 bits per heavy atom. The van der Waals surface area contributed by atoms with Gasteiger partial charge in [0.2, 0.25) is 0 Å². The molecule has 0 aliphatic heterocycles. The van der Waals surface area contributed by atoms with Crippen LogP contribution >= 0.6 is 0 Å². The van der Waals surface area contributed by atoms with E-state index in [1.165, 1.54) is 0 Å². The summed E-state index contributed by atoms with van der Waals surface area (Å²) in [6, 6.07) is 17.4. The van der Waals surface area contributed by atoms with Crippen LogP contribution in [0.4, 0.5) is 0 Å². The standard InChI is InChI=1S/C17H20O3/c1-13(18)17(19)12-9-14-7-10-16(11-8-14)20-15-5-3-2-4-6-15/h2-8,10-11,13,17-19H,9,12H2,1H3. The lowest BCUT2D eigenvalue weighted by atomic mass is 10.0. The van der Waals surface area contributed by atoms with Gasteiger partial charge in [-0.05, 0) is 49.6 Å². The molecule has 0 aliphatic rings. The number of para-hydroxylation sites is 1. The Hall–Kier alpha value is -1.84. The maximum absolute atomic E-state index is 9.56. The number of hydrogen-bond donors (Lipinski definition) is 2. The number of benzene rings is 2. The van der Waals surface area contributed by atoms with Crippen molar-refractivity contribution in [3.8, 4) is 11.5 Å². The first-order valence-electron chi connectivity index (χ1n) is 6.83. The SMILES string of the molecule is CC(O)C(O)CCc1ccc(Oc2ccccc2)cc1. The zero-order valence-electron chi connectivity index (χ0n) is 11.6. The number of ether oxygens (including phenoxy) is 1. The maximum atomic E-state index is 9.56. The van der Waals surface area contributed by atoms with Gasteiger partial charge in [-0.2, -0.15) is 0 Å². The summed E-state index contributed by atoms with van der Waals surface area (Å²) in [4.78, 5) is 0. The van der Waals surface area contributed by atoms with E-state index >= 15 is 0 Å². The number of rotatable bonds is 6. The molecule has 2 rings (SSSR count). The van der Waals surface area contributed by atoms with Gasteiger partial charge in [-0.15, -0.1) is 0 Å². The van der Waals surface area contributed by atoms with Crippen LogP contribution in [0.25, 0.3) is 0 Å². The summed E-state index contributed by atoms with van der Waals surface area (Å²) < 4.78 is 5.71. The first kappa shape index (κ1) is 14.6. The van der Waals surface area contributed by atoms with Crippen LogP contribution in [-0.4, -0.2) is 22.4 Å². The number of hydrogen-bond acceptors (Lipinski definition) is 3. The van der Waals surface area contributed by atoms with E-state index in [2.05, 4.69) is 0 Å². The average Bonchev–Trinajstić information content (AvgIpc) is 2.47. The molecular weight excluding hydrogens is 252 g/mol. The smallest absolute Gasteiger partial charge is 0.127 e. The molecule has 3 nitrogen and oxygen atoms in total. The predicted molar refractivity (Wildman–Crippen MR) is 79.0 cm³/mol. The summed E-state index contributed by atoms with van der Waals surface area (Å²) >= 11 is 0. The molecule has 2 aromatic carbocycles. The lowest BCUT2D eigenvalue weighted by molar-refractivity contribution is 0.0265. The molecule has 0 amide bonds. The van der Waals surface area contributed by atoms with Crippen molar-refractivity contribution >= 4 is 0 Å². The molecule has 0 fully saturated rings. The largest absolute Gasteiger partial charge is 0.457 e. The van der Waals surface area contributed by atoms with Gasteiger partial charge in [0, 0.05) is 0 Å². The van der Waals surface area contributed by atoms with Gasteiger partial charge in [0.15, 0.2) is 0 Å². The van der Waals surface area contributed by atoms with Crippen molar-refractivity contribution in [2.24, 2.45) is 0 Å². The maximum Gasteiger partial charge on any atom is 0.127 e. The molecule has 2 N–H and O–H groups in total. The van der Waals surface area contributed by atoms with Crippen molar-refractivity contribution in [3.05, 3.63) is 60.2 Å². The first-order valence-corrected chi connectivity index (χ1v) is 6.83. The quantitative estimate of drug-likeness (QED) is 0.849. The monoisotopic (exact) mass is 272 g/mol. The molecule has 0 aliphatic carbocycles. The molecule has 0 spiro atoms. The Labute approximate surface area is 119 Å². The lowest BCUT2D eigenvalue weighted by Crippen LogP contribution is -2.22. The van der Waals surface area contributed by atoms with Crippen LogP contribution in [-0.2, 0) is 6.42 Å². The van der Waals surface area contributed by atoms with E-state index in [9.17, 15) is 10.2 Å². The highest BCUT2D eigenvalue weighted by Gasteiger charge is 2.10. The van der Waals surface area contributed by atoms with Crippen molar-refractivity contribution in [1.29, 1.82) is 0 Å². The Morgan fingerprint density at radius 2 is 1.50 bits per heavy atom. The summed E-state index contributed by atoms with van der Waals surface area (Å²) in [6.07, 6.45) is -0.0697.